The molecule has 0 saturated carbocycles. The van der Waals surface area contributed by atoms with Gasteiger partial charge in [0.05, 0.1) is 0 Å². The van der Waals surface area contributed by atoms with Crippen molar-refractivity contribution in [2.75, 3.05) is 18.4 Å². The molecule has 0 bridgehead atoms. The summed E-state index contributed by atoms with van der Waals surface area (Å²) in [5.41, 5.74) is 1.12. The van der Waals surface area contributed by atoms with E-state index in [1.807, 2.05) is 13.8 Å². The van der Waals surface area contributed by atoms with Gasteiger partial charge in [-0.2, -0.15) is 0 Å². The molecule has 128 valence electrons. The molecule has 2 rings (SSSR count). The summed E-state index contributed by atoms with van der Waals surface area (Å²) in [6.45, 7) is 8.36. The highest BCUT2D eigenvalue weighted by molar-refractivity contribution is 5.99. The first kappa shape index (κ1) is 17.7. The average Bonchev–Trinajstić information content (AvgIpc) is 3.02. The standard InChI is InChI=1S/C18H23N3O3/c1-4-16(22)19-14-7-5-13(6-8-14)17(23)20-15-9-10-21(11-15)18(24)12(2)3/h4-8,12,15H,1,9-11H2,2-3H3,(H,19,22)(H,20,23). The highest BCUT2D eigenvalue weighted by atomic mass is 16.2. The van der Waals surface area contributed by atoms with E-state index in [1.54, 1.807) is 29.2 Å². The molecule has 24 heavy (non-hydrogen) atoms. The molecule has 1 aliphatic heterocycles. The summed E-state index contributed by atoms with van der Waals surface area (Å²) in [7, 11) is 0. The summed E-state index contributed by atoms with van der Waals surface area (Å²) < 4.78 is 0. The number of hydrogen-bond acceptors (Lipinski definition) is 3. The van der Waals surface area contributed by atoms with Crippen LogP contribution >= 0.6 is 0 Å². The predicted molar refractivity (Wildman–Crippen MR) is 92.6 cm³/mol. The molecule has 2 N–H and O–H groups in total. The van der Waals surface area contributed by atoms with Crippen LogP contribution in [-0.2, 0) is 9.59 Å². The van der Waals surface area contributed by atoms with Crippen molar-refractivity contribution in [1.29, 1.82) is 0 Å². The maximum atomic E-state index is 12.3. The molecule has 1 fully saturated rings. The van der Waals surface area contributed by atoms with Gasteiger partial charge in [0, 0.05) is 36.3 Å². The zero-order valence-corrected chi connectivity index (χ0v) is 14.0. The summed E-state index contributed by atoms with van der Waals surface area (Å²) >= 11 is 0. The van der Waals surface area contributed by atoms with Gasteiger partial charge in [0.25, 0.3) is 5.91 Å². The zero-order valence-electron chi connectivity index (χ0n) is 14.0. The smallest absolute Gasteiger partial charge is 0.251 e. The van der Waals surface area contributed by atoms with E-state index in [1.165, 1.54) is 6.08 Å². The molecule has 1 atom stereocenters. The quantitative estimate of drug-likeness (QED) is 0.809. The third kappa shape index (κ3) is 4.44. The van der Waals surface area contributed by atoms with Gasteiger partial charge in [-0.25, -0.2) is 0 Å². The Kier molecular flexibility index (Phi) is 5.73. The van der Waals surface area contributed by atoms with E-state index in [9.17, 15) is 14.4 Å². The number of carbonyl (C=O) groups is 3. The Morgan fingerprint density at radius 3 is 2.50 bits per heavy atom. The fraction of sp³-hybridized carbons (Fsp3) is 0.389. The predicted octanol–water partition coefficient (Wildman–Crippen LogP) is 1.80. The normalized spacial score (nSPS) is 16.8. The molecule has 0 radical (unpaired) electrons. The Morgan fingerprint density at radius 1 is 1.25 bits per heavy atom. The van der Waals surface area contributed by atoms with E-state index in [-0.39, 0.29) is 29.7 Å². The summed E-state index contributed by atoms with van der Waals surface area (Å²) in [4.78, 5) is 37.3. The van der Waals surface area contributed by atoms with Gasteiger partial charge in [-0.1, -0.05) is 20.4 Å². The number of benzene rings is 1. The lowest BCUT2D eigenvalue weighted by molar-refractivity contribution is -0.133. The molecule has 0 aliphatic carbocycles. The topological polar surface area (TPSA) is 78.5 Å². The number of amides is 3. The zero-order chi connectivity index (χ0) is 17.7. The van der Waals surface area contributed by atoms with Crippen LogP contribution in [0.2, 0.25) is 0 Å². The lowest BCUT2D eigenvalue weighted by Crippen LogP contribution is -2.39. The first-order chi connectivity index (χ1) is 11.4. The molecule has 1 aliphatic rings. The van der Waals surface area contributed by atoms with Crippen LogP contribution in [0.15, 0.2) is 36.9 Å². The molecule has 6 heteroatoms. The van der Waals surface area contributed by atoms with Gasteiger partial charge in [-0.15, -0.1) is 0 Å². The minimum atomic E-state index is -0.298. The van der Waals surface area contributed by atoms with Crippen LogP contribution in [0, 0.1) is 5.92 Å². The maximum Gasteiger partial charge on any atom is 0.251 e. The summed E-state index contributed by atoms with van der Waals surface area (Å²) in [5, 5.41) is 5.58. The number of nitrogens with zero attached hydrogens (tertiary/aromatic N) is 1. The largest absolute Gasteiger partial charge is 0.347 e. The monoisotopic (exact) mass is 329 g/mol. The third-order valence-electron chi connectivity index (χ3n) is 3.93. The number of rotatable bonds is 5. The Morgan fingerprint density at radius 2 is 1.92 bits per heavy atom. The van der Waals surface area contributed by atoms with Crippen molar-refractivity contribution in [2.24, 2.45) is 5.92 Å². The lowest BCUT2D eigenvalue weighted by Gasteiger charge is -2.19. The van der Waals surface area contributed by atoms with Gasteiger partial charge in [0.2, 0.25) is 11.8 Å². The molecular weight excluding hydrogens is 306 g/mol. The van der Waals surface area contributed by atoms with Gasteiger partial charge >= 0.3 is 0 Å². The van der Waals surface area contributed by atoms with Crippen LogP contribution < -0.4 is 10.6 Å². The summed E-state index contributed by atoms with van der Waals surface area (Å²) in [6, 6.07) is 6.61. The minimum absolute atomic E-state index is 0.0275. The van der Waals surface area contributed by atoms with Crippen molar-refractivity contribution in [3.63, 3.8) is 0 Å². The van der Waals surface area contributed by atoms with Crippen LogP contribution in [-0.4, -0.2) is 41.8 Å². The highest BCUT2D eigenvalue weighted by Gasteiger charge is 2.28. The van der Waals surface area contributed by atoms with E-state index >= 15 is 0 Å². The number of hydrogen-bond donors (Lipinski definition) is 2. The number of carbonyl (C=O) groups excluding carboxylic acids is 3. The van der Waals surface area contributed by atoms with Crippen molar-refractivity contribution in [2.45, 2.75) is 26.3 Å². The SMILES string of the molecule is C=CC(=O)Nc1ccc(C(=O)NC2CCN(C(=O)C(C)C)C2)cc1. The molecule has 0 aromatic heterocycles. The van der Waals surface area contributed by atoms with E-state index in [2.05, 4.69) is 17.2 Å². The summed E-state index contributed by atoms with van der Waals surface area (Å²) in [5.74, 6) is -0.389. The maximum absolute atomic E-state index is 12.3. The first-order valence-corrected chi connectivity index (χ1v) is 8.04. The van der Waals surface area contributed by atoms with Crippen LogP contribution in [0.3, 0.4) is 0 Å². The van der Waals surface area contributed by atoms with Gasteiger partial charge in [-0.05, 0) is 36.8 Å². The van der Waals surface area contributed by atoms with Crippen LogP contribution in [0.4, 0.5) is 5.69 Å². The van der Waals surface area contributed by atoms with Gasteiger partial charge < -0.3 is 15.5 Å². The van der Waals surface area contributed by atoms with Crippen molar-refractivity contribution in [1.82, 2.24) is 10.2 Å². The lowest BCUT2D eigenvalue weighted by atomic mass is 10.1. The third-order valence-corrected chi connectivity index (χ3v) is 3.93. The summed E-state index contributed by atoms with van der Waals surface area (Å²) in [6.07, 6.45) is 1.95. The van der Waals surface area contributed by atoms with Gasteiger partial charge in [-0.3, -0.25) is 14.4 Å². The number of likely N-dealkylation sites (tertiary alicyclic amines) is 1. The minimum Gasteiger partial charge on any atom is -0.347 e. The second-order valence-electron chi connectivity index (χ2n) is 6.17. The first-order valence-electron chi connectivity index (χ1n) is 8.04. The molecule has 0 spiro atoms. The molecule has 1 heterocycles. The molecule has 1 unspecified atom stereocenters. The van der Waals surface area contributed by atoms with Gasteiger partial charge in [0.1, 0.15) is 0 Å². The Labute approximate surface area is 141 Å². The highest BCUT2D eigenvalue weighted by Crippen LogP contribution is 2.14. The number of nitrogens with one attached hydrogen (secondary N) is 2. The van der Waals surface area contributed by atoms with Crippen LogP contribution in [0.1, 0.15) is 30.6 Å². The molecule has 3 amide bonds. The molecule has 1 aromatic rings. The van der Waals surface area contributed by atoms with Crippen molar-refractivity contribution in [3.05, 3.63) is 42.5 Å². The van der Waals surface area contributed by atoms with Crippen molar-refractivity contribution < 1.29 is 14.4 Å². The van der Waals surface area contributed by atoms with E-state index in [4.69, 9.17) is 0 Å². The van der Waals surface area contributed by atoms with E-state index < -0.39 is 0 Å². The molecule has 1 saturated heterocycles. The van der Waals surface area contributed by atoms with Crippen LogP contribution in [0.25, 0.3) is 0 Å². The van der Waals surface area contributed by atoms with Crippen molar-refractivity contribution >= 4 is 23.4 Å². The van der Waals surface area contributed by atoms with Gasteiger partial charge in [0.15, 0.2) is 0 Å². The molecular formula is C18H23N3O3. The molecule has 1 aromatic carbocycles. The second kappa shape index (κ2) is 7.77. The van der Waals surface area contributed by atoms with Crippen LogP contribution in [0.5, 0.6) is 0 Å². The molecule has 6 nitrogen and oxygen atoms in total. The van der Waals surface area contributed by atoms with Crippen molar-refractivity contribution in [3.8, 4) is 0 Å². The Balaban J connectivity index is 1.90. The second-order valence-corrected chi connectivity index (χ2v) is 6.17. The fourth-order valence-corrected chi connectivity index (χ4v) is 2.61. The Hall–Kier alpha value is -2.63. The average molecular weight is 329 g/mol. The number of anilines is 1. The van der Waals surface area contributed by atoms with E-state index in [0.29, 0.717) is 24.3 Å². The Bertz CT molecular complexity index is 637. The fourth-order valence-electron chi connectivity index (χ4n) is 2.61. The van der Waals surface area contributed by atoms with E-state index in [0.717, 1.165) is 6.42 Å².